The molecule has 3 rings (SSSR count). The minimum atomic E-state index is 0. The number of hydrogen-bond donors (Lipinski definition) is 1. The molecule has 0 saturated carbocycles. The maximum Gasteiger partial charge on any atom is 0.257 e. The van der Waals surface area contributed by atoms with Gasteiger partial charge in [-0.15, -0.1) is 12.4 Å². The summed E-state index contributed by atoms with van der Waals surface area (Å²) in [6.07, 6.45) is 6.90. The van der Waals surface area contributed by atoms with E-state index in [9.17, 15) is 4.79 Å². The molecule has 7 heteroatoms. The molecule has 148 valence electrons. The quantitative estimate of drug-likeness (QED) is 0.787. The third kappa shape index (κ3) is 5.71. The van der Waals surface area contributed by atoms with Crippen molar-refractivity contribution < 1.29 is 9.53 Å². The topological polar surface area (TPSA) is 59.4 Å². The van der Waals surface area contributed by atoms with E-state index in [1.807, 2.05) is 47.1 Å². The van der Waals surface area contributed by atoms with Gasteiger partial charge in [0.1, 0.15) is 5.75 Å². The summed E-state index contributed by atoms with van der Waals surface area (Å²) < 4.78 is 6.99. The van der Waals surface area contributed by atoms with Gasteiger partial charge in [-0.2, -0.15) is 5.10 Å². The molecule has 1 saturated heterocycles. The number of amides is 1. The van der Waals surface area contributed by atoms with Crippen molar-refractivity contribution in [2.45, 2.75) is 25.8 Å². The normalized spacial score (nSPS) is 14.7. The maximum atomic E-state index is 12.7. The van der Waals surface area contributed by atoms with E-state index in [2.05, 4.69) is 10.4 Å². The average Bonchev–Trinajstić information content (AvgIpc) is 3.15. The molecular formula is C20H29ClN4O2. The highest BCUT2D eigenvalue weighted by Gasteiger charge is 2.24. The molecule has 2 aromatic rings. The first-order valence-corrected chi connectivity index (χ1v) is 9.29. The number of piperidine rings is 1. The van der Waals surface area contributed by atoms with Crippen molar-refractivity contribution in [3.05, 3.63) is 47.8 Å². The zero-order valence-electron chi connectivity index (χ0n) is 16.1. The lowest BCUT2D eigenvalue weighted by molar-refractivity contribution is 0.0687. The first kappa shape index (κ1) is 21.3. The number of ether oxygens (including phenoxy) is 1. The number of carbonyl (C=O) groups is 1. The summed E-state index contributed by atoms with van der Waals surface area (Å²) in [6, 6.07) is 7.89. The Morgan fingerprint density at radius 2 is 1.96 bits per heavy atom. The van der Waals surface area contributed by atoms with Gasteiger partial charge in [0.25, 0.3) is 5.91 Å². The molecule has 1 aromatic carbocycles. The molecule has 0 unspecified atom stereocenters. The summed E-state index contributed by atoms with van der Waals surface area (Å²) in [7, 11) is 3.64. The molecule has 0 aliphatic carbocycles. The zero-order chi connectivity index (χ0) is 18.4. The van der Waals surface area contributed by atoms with Crippen molar-refractivity contribution in [1.82, 2.24) is 20.0 Å². The molecule has 1 aromatic heterocycles. The molecule has 1 aliphatic heterocycles. The average molecular weight is 393 g/mol. The smallest absolute Gasteiger partial charge is 0.257 e. The van der Waals surface area contributed by atoms with Crippen molar-refractivity contribution in [3.63, 3.8) is 0 Å². The Labute approximate surface area is 167 Å². The highest BCUT2D eigenvalue weighted by molar-refractivity contribution is 5.93. The highest BCUT2D eigenvalue weighted by Crippen LogP contribution is 2.21. The first-order chi connectivity index (χ1) is 12.7. The number of nitrogens with zero attached hydrogens (tertiary/aromatic N) is 3. The van der Waals surface area contributed by atoms with Crippen LogP contribution in [0, 0.1) is 5.92 Å². The van der Waals surface area contributed by atoms with Crippen molar-refractivity contribution >= 4 is 18.3 Å². The summed E-state index contributed by atoms with van der Waals surface area (Å²) in [5, 5.41) is 7.56. The van der Waals surface area contributed by atoms with Crippen LogP contribution in [0.4, 0.5) is 0 Å². The molecule has 0 spiro atoms. The van der Waals surface area contributed by atoms with Crippen LogP contribution in [0.2, 0.25) is 0 Å². The molecule has 6 nitrogen and oxygen atoms in total. The number of aromatic nitrogens is 2. The summed E-state index contributed by atoms with van der Waals surface area (Å²) in [6.45, 7) is 3.38. The Morgan fingerprint density at radius 1 is 1.26 bits per heavy atom. The largest absolute Gasteiger partial charge is 0.497 e. The van der Waals surface area contributed by atoms with Gasteiger partial charge in [-0.3, -0.25) is 9.48 Å². The number of rotatable bonds is 7. The van der Waals surface area contributed by atoms with Crippen LogP contribution in [-0.4, -0.2) is 54.4 Å². The van der Waals surface area contributed by atoms with E-state index in [1.54, 1.807) is 13.3 Å². The van der Waals surface area contributed by atoms with Crippen molar-refractivity contribution in [2.75, 3.05) is 33.8 Å². The first-order valence-electron chi connectivity index (χ1n) is 9.29. The van der Waals surface area contributed by atoms with E-state index in [-0.39, 0.29) is 18.3 Å². The SMILES string of the molecule is CNCCC1CCN(C(=O)c2cnn(Cc3ccc(OC)cc3)c2)CC1.Cl. The number of methoxy groups -OCH3 is 1. The predicted molar refractivity (Wildman–Crippen MR) is 109 cm³/mol. The second-order valence-corrected chi connectivity index (χ2v) is 6.90. The third-order valence-corrected chi connectivity index (χ3v) is 5.09. The van der Waals surface area contributed by atoms with Gasteiger partial charge in [0.05, 0.1) is 25.4 Å². The molecule has 0 atom stereocenters. The molecule has 1 N–H and O–H groups in total. The fraction of sp³-hybridized carbons (Fsp3) is 0.500. The maximum absolute atomic E-state index is 12.7. The molecule has 0 radical (unpaired) electrons. The monoisotopic (exact) mass is 392 g/mol. The number of carbonyl (C=O) groups excluding carboxylic acids is 1. The number of nitrogens with one attached hydrogen (secondary N) is 1. The lowest BCUT2D eigenvalue weighted by Crippen LogP contribution is -2.38. The van der Waals surface area contributed by atoms with Gasteiger partial charge in [-0.05, 0) is 56.5 Å². The standard InChI is InChI=1S/C20H28N4O2.ClH/c1-21-10-7-16-8-11-23(12-9-16)20(25)18-13-22-24(15-18)14-17-3-5-19(26-2)6-4-17;/h3-6,13,15-16,21H,7-12,14H2,1-2H3;1H. The molecule has 27 heavy (non-hydrogen) atoms. The Kier molecular flexibility index (Phi) is 8.13. The van der Waals surface area contributed by atoms with Crippen LogP contribution in [0.15, 0.2) is 36.7 Å². The Balaban J connectivity index is 0.00000261. The molecule has 0 bridgehead atoms. The molecule has 1 amide bonds. The van der Waals surface area contributed by atoms with E-state index in [0.717, 1.165) is 49.7 Å². The van der Waals surface area contributed by atoms with E-state index < -0.39 is 0 Å². The van der Waals surface area contributed by atoms with Crippen LogP contribution in [0.25, 0.3) is 0 Å². The Morgan fingerprint density at radius 3 is 2.59 bits per heavy atom. The van der Waals surface area contributed by atoms with Gasteiger partial charge < -0.3 is 15.0 Å². The second kappa shape index (κ2) is 10.3. The van der Waals surface area contributed by atoms with Crippen LogP contribution in [0.3, 0.4) is 0 Å². The third-order valence-electron chi connectivity index (χ3n) is 5.09. The van der Waals surface area contributed by atoms with Crippen LogP contribution in [0.1, 0.15) is 35.2 Å². The highest BCUT2D eigenvalue weighted by atomic mass is 35.5. The van der Waals surface area contributed by atoms with Crippen LogP contribution in [-0.2, 0) is 6.54 Å². The van der Waals surface area contributed by atoms with Crippen molar-refractivity contribution in [2.24, 2.45) is 5.92 Å². The Bertz CT molecular complexity index is 709. The number of likely N-dealkylation sites (tertiary alicyclic amines) is 1. The van der Waals surface area contributed by atoms with E-state index in [0.29, 0.717) is 12.1 Å². The summed E-state index contributed by atoms with van der Waals surface area (Å²) >= 11 is 0. The summed E-state index contributed by atoms with van der Waals surface area (Å²) in [4.78, 5) is 14.7. The zero-order valence-corrected chi connectivity index (χ0v) is 16.9. The number of halogens is 1. The van der Waals surface area contributed by atoms with Crippen molar-refractivity contribution in [3.8, 4) is 5.75 Å². The van der Waals surface area contributed by atoms with Crippen molar-refractivity contribution in [1.29, 1.82) is 0 Å². The number of hydrogen-bond acceptors (Lipinski definition) is 4. The Hall–Kier alpha value is -2.05. The van der Waals surface area contributed by atoms with Gasteiger partial charge in [-0.25, -0.2) is 0 Å². The molecular weight excluding hydrogens is 364 g/mol. The van der Waals surface area contributed by atoms with Crippen LogP contribution < -0.4 is 10.1 Å². The summed E-state index contributed by atoms with van der Waals surface area (Å²) in [5.41, 5.74) is 1.80. The van der Waals surface area contributed by atoms with Crippen LogP contribution >= 0.6 is 12.4 Å². The fourth-order valence-corrected chi connectivity index (χ4v) is 3.43. The van der Waals surface area contributed by atoms with E-state index >= 15 is 0 Å². The number of benzene rings is 1. The van der Waals surface area contributed by atoms with Crippen LogP contribution in [0.5, 0.6) is 5.75 Å². The van der Waals surface area contributed by atoms with Gasteiger partial charge >= 0.3 is 0 Å². The minimum absolute atomic E-state index is 0. The van der Waals surface area contributed by atoms with Gasteiger partial charge in [0, 0.05) is 19.3 Å². The lowest BCUT2D eigenvalue weighted by atomic mass is 9.93. The lowest BCUT2D eigenvalue weighted by Gasteiger charge is -2.31. The fourth-order valence-electron chi connectivity index (χ4n) is 3.43. The molecule has 2 heterocycles. The van der Waals surface area contributed by atoms with Gasteiger partial charge in [-0.1, -0.05) is 12.1 Å². The molecule has 1 aliphatic rings. The van der Waals surface area contributed by atoms with E-state index in [4.69, 9.17) is 4.74 Å². The van der Waals surface area contributed by atoms with E-state index in [1.165, 1.54) is 6.42 Å². The minimum Gasteiger partial charge on any atom is -0.497 e. The summed E-state index contributed by atoms with van der Waals surface area (Å²) in [5.74, 6) is 1.66. The van der Waals surface area contributed by atoms with Gasteiger partial charge in [0.2, 0.25) is 0 Å². The second-order valence-electron chi connectivity index (χ2n) is 6.90. The molecule has 1 fully saturated rings. The predicted octanol–water partition coefficient (Wildman–Crippen LogP) is 2.82. The van der Waals surface area contributed by atoms with Gasteiger partial charge in [0.15, 0.2) is 0 Å².